The lowest BCUT2D eigenvalue weighted by Crippen LogP contribution is -1.97. The number of fused-ring (bicyclic) bond motifs is 1. The third-order valence-corrected chi connectivity index (χ3v) is 2.03. The molecule has 2 aromatic rings. The van der Waals surface area contributed by atoms with Gasteiger partial charge in [-0.25, -0.2) is 0 Å². The molecule has 2 rings (SSSR count). The van der Waals surface area contributed by atoms with Crippen molar-refractivity contribution < 1.29 is 4.74 Å². The molecular weight excluding hydrogens is 206 g/mol. The van der Waals surface area contributed by atoms with Crippen molar-refractivity contribution in [2.75, 3.05) is 12.8 Å². The molecule has 2 aromatic heterocycles. The summed E-state index contributed by atoms with van der Waals surface area (Å²) in [5.41, 5.74) is 6.68. The van der Waals surface area contributed by atoms with Crippen LogP contribution >= 0.6 is 11.6 Å². The lowest BCUT2D eigenvalue weighted by Gasteiger charge is -1.98. The Balaban J connectivity index is 2.85. The Morgan fingerprint density at radius 2 is 2.07 bits per heavy atom. The van der Waals surface area contributed by atoms with Crippen LogP contribution in [-0.2, 0) is 7.05 Å². The van der Waals surface area contributed by atoms with Crippen molar-refractivity contribution >= 4 is 28.6 Å². The number of halogens is 1. The van der Waals surface area contributed by atoms with Crippen molar-refractivity contribution in [2.45, 2.75) is 0 Å². The molecule has 74 valence electrons. The van der Waals surface area contributed by atoms with Gasteiger partial charge in [0, 0.05) is 7.05 Å². The lowest BCUT2D eigenvalue weighted by molar-refractivity contribution is 0.368. The topological polar surface area (TPSA) is 78.8 Å². The molecule has 7 heteroatoms. The molecule has 0 saturated carbocycles. The number of nitrogens with zero attached hydrogens (tertiary/aromatic N) is 4. The quantitative estimate of drug-likeness (QED) is 0.702. The zero-order valence-corrected chi connectivity index (χ0v) is 8.41. The lowest BCUT2D eigenvalue weighted by atomic mass is 10.5. The Bertz CT molecular complexity index is 494. The summed E-state index contributed by atoms with van der Waals surface area (Å²) in [4.78, 5) is 11.9. The first-order chi connectivity index (χ1) is 6.63. The Morgan fingerprint density at radius 3 is 2.71 bits per heavy atom. The predicted octanol–water partition coefficient (Wildman–Crippen LogP) is 0.607. The molecule has 0 radical (unpaired) electrons. The molecule has 14 heavy (non-hydrogen) atoms. The highest BCUT2D eigenvalue weighted by Gasteiger charge is 2.13. The first-order valence-corrected chi connectivity index (χ1v) is 4.20. The van der Waals surface area contributed by atoms with Gasteiger partial charge in [-0.3, -0.25) is 4.57 Å². The van der Waals surface area contributed by atoms with E-state index < -0.39 is 0 Å². The first kappa shape index (κ1) is 9.01. The van der Waals surface area contributed by atoms with Crippen molar-refractivity contribution in [3.8, 4) is 6.01 Å². The monoisotopic (exact) mass is 213 g/mol. The number of hydrogen-bond donors (Lipinski definition) is 1. The summed E-state index contributed by atoms with van der Waals surface area (Å²) in [6, 6.07) is 0.420. The molecule has 2 N–H and O–H groups in total. The number of hydrogen-bond acceptors (Lipinski definition) is 5. The van der Waals surface area contributed by atoms with Crippen LogP contribution in [0.25, 0.3) is 11.2 Å². The van der Waals surface area contributed by atoms with Gasteiger partial charge >= 0.3 is 0 Å². The first-order valence-electron chi connectivity index (χ1n) is 3.83. The van der Waals surface area contributed by atoms with Crippen LogP contribution in [-0.4, -0.2) is 26.6 Å². The molecular formula is C7H8ClN5O. The largest absolute Gasteiger partial charge is 0.468 e. The van der Waals surface area contributed by atoms with Gasteiger partial charge in [0.15, 0.2) is 17.0 Å². The summed E-state index contributed by atoms with van der Waals surface area (Å²) in [5, 5.41) is 0.0978. The van der Waals surface area contributed by atoms with Gasteiger partial charge in [-0.1, -0.05) is 0 Å². The third-order valence-electron chi connectivity index (χ3n) is 1.86. The molecule has 0 saturated heterocycles. The highest BCUT2D eigenvalue weighted by molar-refractivity contribution is 6.28. The van der Waals surface area contributed by atoms with E-state index in [-0.39, 0.29) is 11.1 Å². The second kappa shape index (κ2) is 2.98. The Kier molecular flexibility index (Phi) is 1.92. The fraction of sp³-hybridized carbons (Fsp3) is 0.286. The van der Waals surface area contributed by atoms with Crippen molar-refractivity contribution in [3.63, 3.8) is 0 Å². The number of aromatic nitrogens is 4. The standard InChI is InChI=1S/C7H8ClN5O/c1-13-5-3(10-7(13)14-2)4(9)11-6(8)12-5/h1-2H3,(H2,9,11,12). The minimum absolute atomic E-state index is 0.0978. The summed E-state index contributed by atoms with van der Waals surface area (Å²) in [6.45, 7) is 0. The SMILES string of the molecule is COc1nc2c(N)nc(Cl)nc2n1C. The van der Waals surface area contributed by atoms with Crippen LogP contribution in [0.2, 0.25) is 5.28 Å². The maximum atomic E-state index is 5.66. The molecule has 0 fully saturated rings. The average Bonchev–Trinajstić information content (AvgIpc) is 2.44. The molecule has 0 aliphatic carbocycles. The fourth-order valence-corrected chi connectivity index (χ4v) is 1.39. The van der Waals surface area contributed by atoms with E-state index in [1.165, 1.54) is 7.11 Å². The zero-order chi connectivity index (χ0) is 10.3. The number of ether oxygens (including phenoxy) is 1. The number of methoxy groups -OCH3 is 1. The third kappa shape index (κ3) is 1.15. The second-order valence-electron chi connectivity index (χ2n) is 2.71. The molecule has 0 aliphatic heterocycles. The molecule has 0 atom stereocenters. The van der Waals surface area contributed by atoms with Gasteiger partial charge in [0.05, 0.1) is 7.11 Å². The second-order valence-corrected chi connectivity index (χ2v) is 3.05. The van der Waals surface area contributed by atoms with E-state index >= 15 is 0 Å². The van der Waals surface area contributed by atoms with Gasteiger partial charge in [0.2, 0.25) is 5.28 Å². The molecule has 0 aromatic carbocycles. The maximum Gasteiger partial charge on any atom is 0.298 e. The summed E-state index contributed by atoms with van der Waals surface area (Å²) in [7, 11) is 3.28. The van der Waals surface area contributed by atoms with Crippen LogP contribution < -0.4 is 10.5 Å². The molecule has 2 heterocycles. The number of nitrogen functional groups attached to an aromatic ring is 1. The van der Waals surface area contributed by atoms with Crippen LogP contribution in [0.5, 0.6) is 6.01 Å². The van der Waals surface area contributed by atoms with Gasteiger partial charge in [-0.15, -0.1) is 0 Å². The van der Waals surface area contributed by atoms with Crippen LogP contribution in [0, 0.1) is 0 Å². The molecule has 0 amide bonds. The highest BCUT2D eigenvalue weighted by atomic mass is 35.5. The van der Waals surface area contributed by atoms with Gasteiger partial charge in [-0.2, -0.15) is 15.0 Å². The number of anilines is 1. The van der Waals surface area contributed by atoms with Gasteiger partial charge in [-0.05, 0) is 11.6 Å². The minimum atomic E-state index is 0.0978. The minimum Gasteiger partial charge on any atom is -0.468 e. The fourth-order valence-electron chi connectivity index (χ4n) is 1.22. The summed E-state index contributed by atoms with van der Waals surface area (Å²) in [6.07, 6.45) is 0. The van der Waals surface area contributed by atoms with Gasteiger partial charge in [0.25, 0.3) is 6.01 Å². The smallest absolute Gasteiger partial charge is 0.298 e. The molecule has 0 bridgehead atoms. The Morgan fingerprint density at radius 1 is 1.36 bits per heavy atom. The van der Waals surface area contributed by atoms with E-state index in [0.29, 0.717) is 17.2 Å². The van der Waals surface area contributed by atoms with Crippen molar-refractivity contribution in [1.29, 1.82) is 0 Å². The number of imidazole rings is 1. The van der Waals surface area contributed by atoms with Crippen LogP contribution in [0.1, 0.15) is 0 Å². The summed E-state index contributed by atoms with van der Waals surface area (Å²) in [5.74, 6) is 0.249. The molecule has 0 aliphatic rings. The highest BCUT2D eigenvalue weighted by Crippen LogP contribution is 2.22. The Labute approximate surface area is 84.7 Å². The predicted molar refractivity (Wildman–Crippen MR) is 52.3 cm³/mol. The zero-order valence-electron chi connectivity index (χ0n) is 7.65. The summed E-state index contributed by atoms with van der Waals surface area (Å²) < 4.78 is 6.66. The van der Waals surface area contributed by atoms with Gasteiger partial charge in [0.1, 0.15) is 0 Å². The molecule has 0 unspecified atom stereocenters. The maximum absolute atomic E-state index is 5.66. The average molecular weight is 214 g/mol. The number of aryl methyl sites for hydroxylation is 1. The van der Waals surface area contributed by atoms with E-state index in [1.54, 1.807) is 11.6 Å². The van der Waals surface area contributed by atoms with E-state index in [2.05, 4.69) is 15.0 Å². The van der Waals surface area contributed by atoms with Crippen molar-refractivity contribution in [1.82, 2.24) is 19.5 Å². The summed E-state index contributed by atoms with van der Waals surface area (Å²) >= 11 is 5.66. The van der Waals surface area contributed by atoms with Crippen LogP contribution in [0.15, 0.2) is 0 Å². The van der Waals surface area contributed by atoms with E-state index in [1.807, 2.05) is 0 Å². The normalized spacial score (nSPS) is 10.8. The van der Waals surface area contributed by atoms with Crippen molar-refractivity contribution in [2.24, 2.45) is 7.05 Å². The number of nitrogens with two attached hydrogens (primary N) is 1. The van der Waals surface area contributed by atoms with E-state index in [0.717, 1.165) is 0 Å². The van der Waals surface area contributed by atoms with E-state index in [4.69, 9.17) is 22.1 Å². The van der Waals surface area contributed by atoms with Crippen molar-refractivity contribution in [3.05, 3.63) is 5.28 Å². The Hall–Kier alpha value is -1.56. The number of rotatable bonds is 1. The molecule has 6 nitrogen and oxygen atoms in total. The van der Waals surface area contributed by atoms with Crippen LogP contribution in [0.3, 0.4) is 0 Å². The van der Waals surface area contributed by atoms with Gasteiger partial charge < -0.3 is 10.5 Å². The van der Waals surface area contributed by atoms with E-state index in [9.17, 15) is 0 Å². The van der Waals surface area contributed by atoms with Crippen LogP contribution in [0.4, 0.5) is 5.82 Å². The molecule has 0 spiro atoms.